The molecule has 5 heteroatoms. The Kier molecular flexibility index (Phi) is 6.41. The lowest BCUT2D eigenvalue weighted by Gasteiger charge is -2.31. The molecule has 0 fully saturated rings. The van der Waals surface area contributed by atoms with E-state index in [2.05, 4.69) is 36.6 Å². The fourth-order valence-corrected chi connectivity index (χ4v) is 3.93. The molecule has 98 valence electrons. The fraction of sp³-hybridized carbons (Fsp3) is 0.833. The molecule has 0 aliphatic rings. The smallest absolute Gasteiger partial charge is 0.185 e. The summed E-state index contributed by atoms with van der Waals surface area (Å²) in [7, 11) is 1.94. The monoisotopic (exact) mass is 273 g/mol. The lowest BCUT2D eigenvalue weighted by atomic mass is 9.83. The Morgan fingerprint density at radius 1 is 1.35 bits per heavy atom. The predicted molar refractivity (Wildman–Crippen MR) is 77.8 cm³/mol. The van der Waals surface area contributed by atoms with Crippen molar-refractivity contribution < 1.29 is 0 Å². The molecule has 17 heavy (non-hydrogen) atoms. The van der Waals surface area contributed by atoms with Gasteiger partial charge in [-0.05, 0) is 24.0 Å². The van der Waals surface area contributed by atoms with Gasteiger partial charge in [-0.1, -0.05) is 38.5 Å². The maximum atomic E-state index is 4.57. The highest BCUT2D eigenvalue weighted by molar-refractivity contribution is 7.99. The molecule has 0 radical (unpaired) electrons. The van der Waals surface area contributed by atoms with Crippen molar-refractivity contribution in [3.63, 3.8) is 0 Å². The normalized spacial score (nSPS) is 12.0. The first kappa shape index (κ1) is 14.9. The second-order valence-electron chi connectivity index (χ2n) is 4.61. The van der Waals surface area contributed by atoms with Gasteiger partial charge in [0.25, 0.3) is 0 Å². The molecule has 0 spiro atoms. The summed E-state index contributed by atoms with van der Waals surface area (Å²) < 4.78 is 1.84. The Bertz CT molecular complexity index is 319. The number of thioether (sulfide) groups is 1. The molecule has 3 nitrogen and oxygen atoms in total. The van der Waals surface area contributed by atoms with Gasteiger partial charge in [-0.25, -0.2) is 9.67 Å². The average Bonchev–Trinajstić information content (AvgIpc) is 2.72. The van der Waals surface area contributed by atoms with Crippen molar-refractivity contribution in [1.82, 2.24) is 14.8 Å². The predicted octanol–water partition coefficient (Wildman–Crippen LogP) is 3.42. The van der Waals surface area contributed by atoms with Gasteiger partial charge in [-0.2, -0.15) is 17.7 Å². The number of rotatable bonds is 8. The van der Waals surface area contributed by atoms with E-state index in [1.165, 1.54) is 25.7 Å². The van der Waals surface area contributed by atoms with Crippen molar-refractivity contribution in [1.29, 1.82) is 0 Å². The third kappa shape index (κ3) is 4.21. The van der Waals surface area contributed by atoms with Crippen molar-refractivity contribution in [2.75, 3.05) is 11.5 Å². The van der Waals surface area contributed by atoms with Gasteiger partial charge in [-0.3, -0.25) is 0 Å². The van der Waals surface area contributed by atoms with E-state index in [1.54, 1.807) is 18.1 Å². The lowest BCUT2D eigenvalue weighted by Crippen LogP contribution is -2.26. The van der Waals surface area contributed by atoms with Gasteiger partial charge in [0.1, 0.15) is 6.33 Å². The summed E-state index contributed by atoms with van der Waals surface area (Å²) in [5.41, 5.74) is 0.350. The van der Waals surface area contributed by atoms with Crippen LogP contribution in [0.5, 0.6) is 0 Å². The van der Waals surface area contributed by atoms with E-state index in [1.807, 2.05) is 11.7 Å². The number of hydrogen-bond donors (Lipinski definition) is 1. The summed E-state index contributed by atoms with van der Waals surface area (Å²) in [6, 6.07) is 0. The molecule has 0 unspecified atom stereocenters. The number of thiol groups is 1. The van der Waals surface area contributed by atoms with Crippen LogP contribution in [0.3, 0.4) is 0 Å². The molecule has 0 aliphatic carbocycles. The van der Waals surface area contributed by atoms with Gasteiger partial charge in [0, 0.05) is 12.8 Å². The molecule has 0 aromatic carbocycles. The molecule has 1 aromatic rings. The molecular weight excluding hydrogens is 250 g/mol. The van der Waals surface area contributed by atoms with Gasteiger partial charge in [0.05, 0.1) is 0 Å². The fourth-order valence-electron chi connectivity index (χ4n) is 2.17. The third-order valence-corrected chi connectivity index (χ3v) is 5.13. The third-order valence-electron chi connectivity index (χ3n) is 3.07. The molecule has 0 N–H and O–H groups in total. The Morgan fingerprint density at radius 2 is 2.00 bits per heavy atom. The molecule has 0 atom stereocenters. The first-order valence-electron chi connectivity index (χ1n) is 6.25. The second kappa shape index (κ2) is 7.31. The van der Waals surface area contributed by atoms with Gasteiger partial charge in [-0.15, -0.1) is 0 Å². The van der Waals surface area contributed by atoms with E-state index in [4.69, 9.17) is 0 Å². The van der Waals surface area contributed by atoms with Crippen molar-refractivity contribution in [2.24, 2.45) is 12.5 Å². The van der Waals surface area contributed by atoms with Gasteiger partial charge >= 0.3 is 0 Å². The van der Waals surface area contributed by atoms with Crippen LogP contribution < -0.4 is 0 Å². The van der Waals surface area contributed by atoms with E-state index >= 15 is 0 Å². The topological polar surface area (TPSA) is 30.7 Å². The summed E-state index contributed by atoms with van der Waals surface area (Å²) in [4.78, 5) is 4.26. The zero-order chi connectivity index (χ0) is 12.7. The van der Waals surface area contributed by atoms with Crippen LogP contribution in [0.1, 0.15) is 39.5 Å². The highest BCUT2D eigenvalue weighted by Gasteiger charge is 2.27. The standard InChI is InChI=1S/C12H23N3S2/c1-4-6-12(8-16,7-5-2)9-17-11-13-10-14-15(11)3/h10,16H,4-9H2,1-3H3. The minimum absolute atomic E-state index is 0.350. The Hall–Kier alpha value is -0.160. The summed E-state index contributed by atoms with van der Waals surface area (Å²) in [6.45, 7) is 4.50. The molecule has 1 aromatic heterocycles. The average molecular weight is 273 g/mol. The summed E-state index contributed by atoms with van der Waals surface area (Å²) in [5.74, 6) is 2.05. The van der Waals surface area contributed by atoms with Crippen LogP contribution in [0.15, 0.2) is 11.5 Å². The first-order valence-corrected chi connectivity index (χ1v) is 7.87. The molecule has 0 amide bonds. The van der Waals surface area contributed by atoms with Gasteiger partial charge in [0.15, 0.2) is 5.16 Å². The first-order chi connectivity index (χ1) is 8.17. The van der Waals surface area contributed by atoms with Crippen LogP contribution in [0.2, 0.25) is 0 Å². The Labute approximate surface area is 114 Å². The molecule has 0 aliphatic heterocycles. The largest absolute Gasteiger partial charge is 0.244 e. The highest BCUT2D eigenvalue weighted by Crippen LogP contribution is 2.36. The number of aromatic nitrogens is 3. The Balaban J connectivity index is 2.62. The van der Waals surface area contributed by atoms with E-state index in [0.29, 0.717) is 5.41 Å². The second-order valence-corrected chi connectivity index (χ2v) is 5.87. The maximum absolute atomic E-state index is 4.57. The highest BCUT2D eigenvalue weighted by atomic mass is 32.2. The summed E-state index contributed by atoms with van der Waals surface area (Å²) in [6.07, 6.45) is 6.55. The minimum Gasteiger partial charge on any atom is -0.244 e. The molecule has 1 heterocycles. The van der Waals surface area contributed by atoms with Crippen LogP contribution in [0, 0.1) is 5.41 Å². The van der Waals surface area contributed by atoms with Gasteiger partial charge in [0.2, 0.25) is 0 Å². The summed E-state index contributed by atoms with van der Waals surface area (Å²) in [5, 5.41) is 5.10. The molecule has 0 saturated carbocycles. The zero-order valence-corrected chi connectivity index (χ0v) is 12.7. The SMILES string of the molecule is CCCC(CS)(CCC)CSc1ncnn1C. The molecular formula is C12H23N3S2. The van der Waals surface area contributed by atoms with E-state index in [9.17, 15) is 0 Å². The van der Waals surface area contributed by atoms with Crippen LogP contribution in [0.25, 0.3) is 0 Å². The maximum Gasteiger partial charge on any atom is 0.185 e. The number of aryl methyl sites for hydroxylation is 1. The van der Waals surface area contributed by atoms with Crippen LogP contribution in [-0.2, 0) is 7.05 Å². The summed E-state index contributed by atoms with van der Waals surface area (Å²) >= 11 is 6.38. The molecule has 0 bridgehead atoms. The van der Waals surface area contributed by atoms with E-state index in [0.717, 1.165) is 16.7 Å². The number of nitrogens with zero attached hydrogens (tertiary/aromatic N) is 3. The zero-order valence-electron chi connectivity index (χ0n) is 11.0. The van der Waals surface area contributed by atoms with Crippen molar-refractivity contribution in [3.8, 4) is 0 Å². The van der Waals surface area contributed by atoms with Crippen LogP contribution in [-0.4, -0.2) is 26.3 Å². The van der Waals surface area contributed by atoms with Crippen molar-refractivity contribution in [2.45, 2.75) is 44.7 Å². The van der Waals surface area contributed by atoms with Crippen LogP contribution >= 0.6 is 24.4 Å². The minimum atomic E-state index is 0.350. The Morgan fingerprint density at radius 3 is 2.41 bits per heavy atom. The van der Waals surface area contributed by atoms with Crippen LogP contribution in [0.4, 0.5) is 0 Å². The van der Waals surface area contributed by atoms with E-state index < -0.39 is 0 Å². The van der Waals surface area contributed by atoms with Crippen molar-refractivity contribution >= 4 is 24.4 Å². The molecule has 1 rings (SSSR count). The lowest BCUT2D eigenvalue weighted by molar-refractivity contribution is 0.318. The van der Waals surface area contributed by atoms with Gasteiger partial charge < -0.3 is 0 Å². The number of hydrogen-bond acceptors (Lipinski definition) is 4. The van der Waals surface area contributed by atoms with Crippen molar-refractivity contribution in [3.05, 3.63) is 6.33 Å². The molecule has 0 saturated heterocycles. The quantitative estimate of drug-likeness (QED) is 0.581. The van der Waals surface area contributed by atoms with E-state index in [-0.39, 0.29) is 0 Å².